The van der Waals surface area contributed by atoms with Crippen molar-refractivity contribution in [1.29, 1.82) is 0 Å². The molecule has 0 unspecified atom stereocenters. The summed E-state index contributed by atoms with van der Waals surface area (Å²) in [6.45, 7) is 4.07. The molecular weight excluding hydrogens is 266 g/mol. The number of hydrogen-bond acceptors (Lipinski definition) is 4. The summed E-state index contributed by atoms with van der Waals surface area (Å²) in [4.78, 5) is 11.7. The van der Waals surface area contributed by atoms with Gasteiger partial charge in [-0.25, -0.2) is 5.43 Å². The second kappa shape index (κ2) is 6.69. The monoisotopic (exact) mass is 285 g/mol. The normalized spacial score (nSPS) is 10.8. The van der Waals surface area contributed by atoms with E-state index in [1.54, 1.807) is 10.9 Å². The number of rotatable bonds is 5. The fraction of sp³-hybridized carbons (Fsp3) is 0.267. The molecule has 0 aliphatic carbocycles. The first-order valence-electron chi connectivity index (χ1n) is 6.67. The van der Waals surface area contributed by atoms with Crippen molar-refractivity contribution in [1.82, 2.24) is 15.2 Å². The predicted octanol–water partition coefficient (Wildman–Crippen LogP) is 1.60. The predicted molar refractivity (Wildman–Crippen MR) is 83.4 cm³/mol. The number of carbonyl (C=O) groups is 1. The quantitative estimate of drug-likeness (QED) is 0.647. The van der Waals surface area contributed by atoms with Crippen LogP contribution in [0.3, 0.4) is 0 Å². The summed E-state index contributed by atoms with van der Waals surface area (Å²) < 4.78 is 1.71. The lowest BCUT2D eigenvalue weighted by atomic mass is 10.2. The highest BCUT2D eigenvalue weighted by Gasteiger charge is 2.01. The van der Waals surface area contributed by atoms with Gasteiger partial charge in [-0.05, 0) is 31.5 Å². The van der Waals surface area contributed by atoms with Crippen LogP contribution in [0.1, 0.15) is 16.8 Å². The SMILES string of the molecule is Cc1cccc(NCC(=O)N/N=C\c2cn(C)nc2C)c1. The summed E-state index contributed by atoms with van der Waals surface area (Å²) >= 11 is 0. The van der Waals surface area contributed by atoms with E-state index in [0.29, 0.717) is 0 Å². The van der Waals surface area contributed by atoms with Gasteiger partial charge in [0.05, 0.1) is 18.5 Å². The third-order valence-electron chi connectivity index (χ3n) is 2.92. The lowest BCUT2D eigenvalue weighted by molar-refractivity contribution is -0.119. The van der Waals surface area contributed by atoms with Crippen LogP contribution in [-0.4, -0.2) is 28.4 Å². The molecule has 0 bridgehead atoms. The highest BCUT2D eigenvalue weighted by molar-refractivity contribution is 5.84. The zero-order chi connectivity index (χ0) is 15.2. The van der Waals surface area contributed by atoms with Gasteiger partial charge in [-0.2, -0.15) is 10.2 Å². The number of anilines is 1. The molecule has 1 amide bonds. The number of hydrogen-bond donors (Lipinski definition) is 2. The molecule has 2 aromatic rings. The Labute approximate surface area is 123 Å². The van der Waals surface area contributed by atoms with Crippen LogP contribution in [0, 0.1) is 13.8 Å². The van der Waals surface area contributed by atoms with Gasteiger partial charge in [0.1, 0.15) is 0 Å². The average molecular weight is 285 g/mol. The number of benzene rings is 1. The number of nitrogens with one attached hydrogen (secondary N) is 2. The minimum Gasteiger partial charge on any atom is -0.376 e. The minimum absolute atomic E-state index is 0.173. The van der Waals surface area contributed by atoms with E-state index in [0.717, 1.165) is 22.5 Å². The van der Waals surface area contributed by atoms with Crippen LogP contribution in [0.25, 0.3) is 0 Å². The largest absolute Gasteiger partial charge is 0.376 e. The van der Waals surface area contributed by atoms with Crippen LogP contribution in [0.5, 0.6) is 0 Å². The fourth-order valence-electron chi connectivity index (χ4n) is 1.90. The molecule has 2 N–H and O–H groups in total. The van der Waals surface area contributed by atoms with Gasteiger partial charge in [0.15, 0.2) is 0 Å². The van der Waals surface area contributed by atoms with E-state index in [1.165, 1.54) is 0 Å². The van der Waals surface area contributed by atoms with Crippen LogP contribution in [0.15, 0.2) is 35.6 Å². The molecule has 0 atom stereocenters. The number of aryl methyl sites for hydroxylation is 3. The Kier molecular flexibility index (Phi) is 4.71. The molecule has 2 rings (SSSR count). The second-order valence-corrected chi connectivity index (χ2v) is 4.86. The van der Waals surface area contributed by atoms with Gasteiger partial charge in [-0.1, -0.05) is 12.1 Å². The Morgan fingerprint density at radius 2 is 2.24 bits per heavy atom. The summed E-state index contributed by atoms with van der Waals surface area (Å²) in [6, 6.07) is 7.85. The molecule has 0 saturated heterocycles. The van der Waals surface area contributed by atoms with Gasteiger partial charge in [-0.3, -0.25) is 9.48 Å². The van der Waals surface area contributed by atoms with Crippen molar-refractivity contribution in [3.63, 3.8) is 0 Å². The third kappa shape index (κ3) is 4.45. The second-order valence-electron chi connectivity index (χ2n) is 4.86. The van der Waals surface area contributed by atoms with Crippen LogP contribution >= 0.6 is 0 Å². The minimum atomic E-state index is -0.200. The maximum Gasteiger partial charge on any atom is 0.259 e. The maximum absolute atomic E-state index is 11.7. The number of nitrogens with zero attached hydrogens (tertiary/aromatic N) is 3. The van der Waals surface area contributed by atoms with E-state index < -0.39 is 0 Å². The number of aromatic nitrogens is 2. The molecule has 0 saturated carbocycles. The fourth-order valence-corrected chi connectivity index (χ4v) is 1.90. The standard InChI is InChI=1S/C15H19N5O/c1-11-5-4-6-14(7-11)16-9-15(21)18-17-8-13-10-20(3)19-12(13)2/h4-8,10,16H,9H2,1-3H3,(H,18,21)/b17-8-. The number of carbonyl (C=O) groups excluding carboxylic acids is 1. The molecule has 0 spiro atoms. The van der Waals surface area contributed by atoms with Crippen molar-refractivity contribution >= 4 is 17.8 Å². The van der Waals surface area contributed by atoms with Crippen LogP contribution in [0.4, 0.5) is 5.69 Å². The molecule has 1 aromatic heterocycles. The van der Waals surface area contributed by atoms with E-state index in [1.807, 2.05) is 51.4 Å². The third-order valence-corrected chi connectivity index (χ3v) is 2.92. The van der Waals surface area contributed by atoms with E-state index in [9.17, 15) is 4.79 Å². The van der Waals surface area contributed by atoms with Gasteiger partial charge in [0.2, 0.25) is 0 Å². The van der Waals surface area contributed by atoms with E-state index in [4.69, 9.17) is 0 Å². The lowest BCUT2D eigenvalue weighted by Gasteiger charge is -2.05. The molecular formula is C15H19N5O. The van der Waals surface area contributed by atoms with Gasteiger partial charge >= 0.3 is 0 Å². The van der Waals surface area contributed by atoms with Crippen LogP contribution in [0.2, 0.25) is 0 Å². The molecule has 21 heavy (non-hydrogen) atoms. The Morgan fingerprint density at radius 1 is 1.43 bits per heavy atom. The van der Waals surface area contributed by atoms with E-state index >= 15 is 0 Å². The highest BCUT2D eigenvalue weighted by atomic mass is 16.2. The maximum atomic E-state index is 11.7. The van der Waals surface area contributed by atoms with Crippen molar-refractivity contribution < 1.29 is 4.79 Å². The summed E-state index contributed by atoms with van der Waals surface area (Å²) in [5.74, 6) is -0.200. The summed E-state index contributed by atoms with van der Waals surface area (Å²) in [5, 5.41) is 11.2. The first kappa shape index (κ1) is 14.8. The van der Waals surface area contributed by atoms with E-state index in [2.05, 4.69) is 20.9 Å². The molecule has 0 radical (unpaired) electrons. The van der Waals surface area contributed by atoms with Gasteiger partial charge < -0.3 is 5.32 Å². The lowest BCUT2D eigenvalue weighted by Crippen LogP contribution is -2.25. The summed E-state index contributed by atoms with van der Waals surface area (Å²) in [6.07, 6.45) is 3.43. The van der Waals surface area contributed by atoms with Crippen molar-refractivity contribution in [2.45, 2.75) is 13.8 Å². The Hall–Kier alpha value is -2.63. The van der Waals surface area contributed by atoms with Crippen LogP contribution < -0.4 is 10.7 Å². The molecule has 6 heteroatoms. The number of amides is 1. The van der Waals surface area contributed by atoms with Crippen molar-refractivity contribution in [3.8, 4) is 0 Å². The molecule has 0 fully saturated rings. The summed E-state index contributed by atoms with van der Waals surface area (Å²) in [7, 11) is 1.84. The zero-order valence-corrected chi connectivity index (χ0v) is 12.4. The molecule has 0 aliphatic rings. The zero-order valence-electron chi connectivity index (χ0n) is 12.4. The Morgan fingerprint density at radius 3 is 2.90 bits per heavy atom. The number of hydrazone groups is 1. The van der Waals surface area contributed by atoms with Gasteiger partial charge in [0.25, 0.3) is 5.91 Å². The molecule has 110 valence electrons. The van der Waals surface area contributed by atoms with Crippen molar-refractivity contribution in [2.75, 3.05) is 11.9 Å². The molecule has 6 nitrogen and oxygen atoms in total. The first-order chi connectivity index (χ1) is 10.0. The topological polar surface area (TPSA) is 71.3 Å². The van der Waals surface area contributed by atoms with Crippen molar-refractivity contribution in [3.05, 3.63) is 47.3 Å². The molecule has 1 aromatic carbocycles. The first-order valence-corrected chi connectivity index (χ1v) is 6.67. The highest BCUT2D eigenvalue weighted by Crippen LogP contribution is 2.08. The van der Waals surface area contributed by atoms with Crippen LogP contribution in [-0.2, 0) is 11.8 Å². The van der Waals surface area contributed by atoms with Gasteiger partial charge in [-0.15, -0.1) is 0 Å². The average Bonchev–Trinajstić information content (AvgIpc) is 2.75. The summed E-state index contributed by atoms with van der Waals surface area (Å²) in [5.41, 5.74) is 6.29. The Balaban J connectivity index is 1.81. The smallest absolute Gasteiger partial charge is 0.259 e. The Bertz CT molecular complexity index is 660. The van der Waals surface area contributed by atoms with Crippen molar-refractivity contribution in [2.24, 2.45) is 12.1 Å². The van der Waals surface area contributed by atoms with E-state index in [-0.39, 0.29) is 12.5 Å². The molecule has 1 heterocycles. The molecule has 0 aliphatic heterocycles. The van der Waals surface area contributed by atoms with Gasteiger partial charge in [0, 0.05) is 24.5 Å².